The maximum absolute atomic E-state index is 3.61. The lowest BCUT2D eigenvalue weighted by Gasteiger charge is -2.32. The summed E-state index contributed by atoms with van der Waals surface area (Å²) in [6, 6.07) is 18.0. The van der Waals surface area contributed by atoms with Crippen molar-refractivity contribution in [3.05, 3.63) is 70.8 Å². The molecule has 0 heterocycles. The van der Waals surface area contributed by atoms with Crippen LogP contribution in [0.4, 0.5) is 0 Å². The average molecular weight is 293 g/mol. The zero-order valence-corrected chi connectivity index (χ0v) is 14.0. The second kappa shape index (κ2) is 6.26. The van der Waals surface area contributed by atoms with Gasteiger partial charge in [-0.3, -0.25) is 0 Å². The zero-order chi connectivity index (χ0) is 15.6. The predicted molar refractivity (Wildman–Crippen MR) is 94.4 cm³/mol. The fourth-order valence-corrected chi connectivity index (χ4v) is 3.99. The lowest BCUT2D eigenvalue weighted by Crippen LogP contribution is -2.38. The van der Waals surface area contributed by atoms with Crippen molar-refractivity contribution >= 4 is 0 Å². The molecule has 0 spiro atoms. The zero-order valence-electron chi connectivity index (χ0n) is 14.0. The van der Waals surface area contributed by atoms with Crippen LogP contribution in [0.3, 0.4) is 0 Å². The molecule has 0 saturated carbocycles. The molecule has 2 atom stereocenters. The van der Waals surface area contributed by atoms with E-state index in [1.54, 1.807) is 0 Å². The van der Waals surface area contributed by atoms with Crippen LogP contribution in [-0.2, 0) is 12.0 Å². The lowest BCUT2D eigenvalue weighted by atomic mass is 9.81. The topological polar surface area (TPSA) is 12.0 Å². The Morgan fingerprint density at radius 3 is 2.45 bits per heavy atom. The van der Waals surface area contributed by atoms with Gasteiger partial charge in [-0.1, -0.05) is 68.3 Å². The van der Waals surface area contributed by atoms with Gasteiger partial charge in [-0.25, -0.2) is 0 Å². The number of benzene rings is 2. The Bertz CT molecular complexity index is 646. The molecule has 0 fully saturated rings. The highest BCUT2D eigenvalue weighted by Gasteiger charge is 2.35. The van der Waals surface area contributed by atoms with E-state index in [-0.39, 0.29) is 5.54 Å². The molecule has 1 heteroatoms. The van der Waals surface area contributed by atoms with Crippen molar-refractivity contribution in [3.63, 3.8) is 0 Å². The minimum Gasteiger partial charge on any atom is -0.307 e. The first-order valence-electron chi connectivity index (χ1n) is 8.57. The summed E-state index contributed by atoms with van der Waals surface area (Å²) in [6.07, 6.45) is 5.01. The first-order valence-corrected chi connectivity index (χ1v) is 8.57. The second-order valence-corrected chi connectivity index (χ2v) is 6.66. The van der Waals surface area contributed by atoms with Crippen LogP contribution in [0.5, 0.6) is 0 Å². The molecule has 1 aliphatic rings. The van der Waals surface area contributed by atoms with Crippen LogP contribution in [0.15, 0.2) is 48.5 Å². The van der Waals surface area contributed by atoms with Crippen molar-refractivity contribution in [3.8, 4) is 0 Å². The van der Waals surface area contributed by atoms with Crippen LogP contribution in [0, 0.1) is 0 Å². The minimum absolute atomic E-state index is 0.103. The largest absolute Gasteiger partial charge is 0.307 e. The van der Waals surface area contributed by atoms with Crippen LogP contribution in [0.1, 0.15) is 61.3 Å². The number of rotatable bonds is 4. The highest BCUT2D eigenvalue weighted by Crippen LogP contribution is 2.42. The van der Waals surface area contributed by atoms with Gasteiger partial charge in [-0.15, -0.1) is 0 Å². The molecular formula is C21H27N. The van der Waals surface area contributed by atoms with E-state index in [0.717, 1.165) is 6.42 Å². The van der Waals surface area contributed by atoms with Gasteiger partial charge in [0.2, 0.25) is 0 Å². The van der Waals surface area contributed by atoms with Crippen LogP contribution >= 0.6 is 0 Å². The molecular weight excluding hydrogens is 266 g/mol. The molecule has 1 nitrogen and oxygen atoms in total. The second-order valence-electron chi connectivity index (χ2n) is 6.66. The molecule has 0 saturated heterocycles. The quantitative estimate of drug-likeness (QED) is 0.836. The van der Waals surface area contributed by atoms with E-state index in [9.17, 15) is 0 Å². The monoisotopic (exact) mass is 293 g/mol. The van der Waals surface area contributed by atoms with Crippen LogP contribution in [0.2, 0.25) is 0 Å². The van der Waals surface area contributed by atoms with Gasteiger partial charge in [0.15, 0.2) is 0 Å². The van der Waals surface area contributed by atoms with Crippen molar-refractivity contribution < 1.29 is 0 Å². The first-order chi connectivity index (χ1) is 10.7. The van der Waals surface area contributed by atoms with Crippen molar-refractivity contribution in [2.75, 3.05) is 7.05 Å². The maximum atomic E-state index is 3.61. The molecule has 0 bridgehead atoms. The van der Waals surface area contributed by atoms with Gasteiger partial charge in [0.1, 0.15) is 0 Å². The smallest absolute Gasteiger partial charge is 0.0664 e. The molecule has 2 unspecified atom stereocenters. The Hall–Kier alpha value is -1.60. The normalized spacial score (nSPS) is 23.5. The van der Waals surface area contributed by atoms with Crippen molar-refractivity contribution in [2.45, 2.75) is 51.0 Å². The third-order valence-corrected chi connectivity index (χ3v) is 5.37. The van der Waals surface area contributed by atoms with Crippen LogP contribution in [0.25, 0.3) is 0 Å². The third-order valence-electron chi connectivity index (χ3n) is 5.37. The van der Waals surface area contributed by atoms with Gasteiger partial charge in [0, 0.05) is 0 Å². The van der Waals surface area contributed by atoms with E-state index >= 15 is 0 Å². The van der Waals surface area contributed by atoms with E-state index in [2.05, 4.69) is 74.7 Å². The van der Waals surface area contributed by atoms with Crippen LogP contribution in [-0.4, -0.2) is 7.05 Å². The number of nitrogens with one attached hydrogen (secondary N) is 1. The lowest BCUT2D eigenvalue weighted by molar-refractivity contribution is 0.480. The highest BCUT2D eigenvalue weighted by atomic mass is 14.9. The summed E-state index contributed by atoms with van der Waals surface area (Å²) in [7, 11) is 2.08. The standard InChI is InChI=1S/C21H27N/c1-4-5-10-16-15-17-11-6-8-13-19(17)21(2,22-3)20-14-9-7-12-18(16)20/h6-9,11-14,16,22H,4-5,10,15H2,1-3H3. The van der Waals surface area contributed by atoms with Gasteiger partial charge in [-0.05, 0) is 55.0 Å². The van der Waals surface area contributed by atoms with Gasteiger partial charge in [0.25, 0.3) is 0 Å². The molecule has 0 amide bonds. The molecule has 0 aliphatic heterocycles. The summed E-state index contributed by atoms with van der Waals surface area (Å²) in [5.41, 5.74) is 5.81. The number of hydrogen-bond acceptors (Lipinski definition) is 1. The molecule has 22 heavy (non-hydrogen) atoms. The Morgan fingerprint density at radius 2 is 1.73 bits per heavy atom. The van der Waals surface area contributed by atoms with E-state index in [0.29, 0.717) is 5.92 Å². The van der Waals surface area contributed by atoms with E-state index in [1.807, 2.05) is 0 Å². The molecule has 116 valence electrons. The van der Waals surface area contributed by atoms with Gasteiger partial charge in [-0.2, -0.15) is 0 Å². The van der Waals surface area contributed by atoms with Gasteiger partial charge < -0.3 is 5.32 Å². The minimum atomic E-state index is -0.103. The van der Waals surface area contributed by atoms with E-state index in [1.165, 1.54) is 41.5 Å². The summed E-state index contributed by atoms with van der Waals surface area (Å²) in [5.74, 6) is 0.632. The summed E-state index contributed by atoms with van der Waals surface area (Å²) in [4.78, 5) is 0. The van der Waals surface area contributed by atoms with Crippen molar-refractivity contribution in [1.82, 2.24) is 5.32 Å². The fourth-order valence-electron chi connectivity index (χ4n) is 3.99. The van der Waals surface area contributed by atoms with Crippen molar-refractivity contribution in [2.24, 2.45) is 0 Å². The number of fused-ring (bicyclic) bond motifs is 2. The fraction of sp³-hybridized carbons (Fsp3) is 0.429. The molecule has 0 aromatic heterocycles. The Morgan fingerprint density at radius 1 is 1.05 bits per heavy atom. The SMILES string of the molecule is CCCCC1Cc2ccccc2C(C)(NC)c2ccccc21. The Labute approximate surface area is 134 Å². The molecule has 1 aliphatic carbocycles. The Kier molecular flexibility index (Phi) is 4.35. The van der Waals surface area contributed by atoms with E-state index < -0.39 is 0 Å². The van der Waals surface area contributed by atoms with Crippen LogP contribution < -0.4 is 5.32 Å². The van der Waals surface area contributed by atoms with Gasteiger partial charge >= 0.3 is 0 Å². The van der Waals surface area contributed by atoms with Gasteiger partial charge in [0.05, 0.1) is 5.54 Å². The number of unbranched alkanes of at least 4 members (excludes halogenated alkanes) is 1. The first kappa shape index (κ1) is 15.3. The molecule has 1 N–H and O–H groups in total. The summed E-state index contributed by atoms with van der Waals surface area (Å²) in [6.45, 7) is 4.61. The molecule has 2 aromatic rings. The Balaban J connectivity index is 2.19. The summed E-state index contributed by atoms with van der Waals surface area (Å²) < 4.78 is 0. The number of hydrogen-bond donors (Lipinski definition) is 1. The summed E-state index contributed by atoms with van der Waals surface area (Å²) >= 11 is 0. The predicted octanol–water partition coefficient (Wildman–Crippen LogP) is 5.00. The van der Waals surface area contributed by atoms with E-state index in [4.69, 9.17) is 0 Å². The third kappa shape index (κ3) is 2.48. The maximum Gasteiger partial charge on any atom is 0.0664 e. The molecule has 2 aromatic carbocycles. The highest BCUT2D eigenvalue weighted by molar-refractivity contribution is 5.50. The molecule has 3 rings (SSSR count). The average Bonchev–Trinajstić information content (AvgIpc) is 2.68. The molecule has 0 radical (unpaired) electrons. The summed E-state index contributed by atoms with van der Waals surface area (Å²) in [5, 5.41) is 3.61. The van der Waals surface area contributed by atoms with Crippen molar-refractivity contribution in [1.29, 1.82) is 0 Å².